The van der Waals surface area contributed by atoms with Crippen LogP contribution in [0.2, 0.25) is 0 Å². The maximum Gasteiger partial charge on any atom is 0.566 e. The molecule has 2 fully saturated rings. The van der Waals surface area contributed by atoms with Gasteiger partial charge >= 0.3 is 7.12 Å². The average molecular weight is 289 g/mol. The van der Waals surface area contributed by atoms with Crippen molar-refractivity contribution < 1.29 is 14.0 Å². The maximum atomic E-state index is 5.82. The molecule has 7 heteroatoms. The van der Waals surface area contributed by atoms with Crippen LogP contribution in [0.4, 0.5) is 5.95 Å². The van der Waals surface area contributed by atoms with Crippen LogP contribution in [-0.4, -0.2) is 49.0 Å². The molecule has 6 nitrogen and oxygen atoms in total. The highest BCUT2D eigenvalue weighted by atomic mass is 16.7. The molecule has 2 aliphatic heterocycles. The lowest BCUT2D eigenvalue weighted by Crippen LogP contribution is -2.36. The molecular weight excluding hydrogens is 269 g/mol. The van der Waals surface area contributed by atoms with Crippen LogP contribution in [0.15, 0.2) is 24.7 Å². The molecule has 0 unspecified atom stereocenters. The van der Waals surface area contributed by atoms with Crippen molar-refractivity contribution in [2.75, 3.05) is 31.2 Å². The Kier molecular flexibility index (Phi) is 3.86. The Hall–Kier alpha value is -1.60. The summed E-state index contributed by atoms with van der Waals surface area (Å²) in [5.74, 6) is 1.35. The summed E-state index contributed by atoms with van der Waals surface area (Å²) in [4.78, 5) is 11.0. The highest BCUT2D eigenvalue weighted by Crippen LogP contribution is 2.28. The summed E-state index contributed by atoms with van der Waals surface area (Å²) >= 11 is 0. The van der Waals surface area contributed by atoms with Gasteiger partial charge in [0.15, 0.2) is 0 Å². The zero-order chi connectivity index (χ0) is 14.9. The van der Waals surface area contributed by atoms with Crippen molar-refractivity contribution in [2.45, 2.75) is 25.9 Å². The number of aromatic nitrogens is 2. The number of anilines is 1. The van der Waals surface area contributed by atoms with Gasteiger partial charge in [-0.2, -0.15) is 0 Å². The molecule has 0 spiro atoms. The highest BCUT2D eigenvalue weighted by Gasteiger charge is 2.43. The van der Waals surface area contributed by atoms with E-state index in [4.69, 9.17) is 14.0 Å². The second-order valence-electron chi connectivity index (χ2n) is 5.77. The van der Waals surface area contributed by atoms with Gasteiger partial charge in [0.2, 0.25) is 5.95 Å². The first kappa shape index (κ1) is 14.3. The van der Waals surface area contributed by atoms with Crippen molar-refractivity contribution in [2.24, 2.45) is 0 Å². The lowest BCUT2D eigenvalue weighted by molar-refractivity contribution is 0.152. The third-order valence-corrected chi connectivity index (χ3v) is 3.76. The van der Waals surface area contributed by atoms with Gasteiger partial charge in [-0.3, -0.25) is 0 Å². The van der Waals surface area contributed by atoms with Gasteiger partial charge in [0.25, 0.3) is 0 Å². The molecule has 0 radical (unpaired) electrons. The zero-order valence-corrected chi connectivity index (χ0v) is 12.5. The van der Waals surface area contributed by atoms with E-state index in [0.717, 1.165) is 37.5 Å². The van der Waals surface area contributed by atoms with E-state index >= 15 is 0 Å². The molecule has 0 bridgehead atoms. The molecule has 0 atom stereocenters. The molecule has 0 aliphatic carbocycles. The average Bonchev–Trinajstić information content (AvgIpc) is 2.68. The Labute approximate surface area is 125 Å². The summed E-state index contributed by atoms with van der Waals surface area (Å²) in [6.45, 7) is 11.0. The Morgan fingerprint density at radius 3 is 2.67 bits per heavy atom. The van der Waals surface area contributed by atoms with Crippen molar-refractivity contribution >= 4 is 18.5 Å². The van der Waals surface area contributed by atoms with Crippen LogP contribution in [0, 0.1) is 0 Å². The van der Waals surface area contributed by atoms with E-state index < -0.39 is 12.7 Å². The fraction of sp³-hybridized carbons (Fsp3) is 0.571. The van der Waals surface area contributed by atoms with E-state index in [1.807, 2.05) is 13.8 Å². The molecular formula is C14H20BN3O3. The molecule has 2 aliphatic rings. The highest BCUT2D eigenvalue weighted by molar-refractivity contribution is 6.62. The number of ether oxygens (including phenoxy) is 1. The molecule has 0 saturated carbocycles. The molecule has 2 saturated heterocycles. The van der Waals surface area contributed by atoms with Crippen LogP contribution in [0.5, 0.6) is 0 Å². The summed E-state index contributed by atoms with van der Waals surface area (Å²) in [5, 5.41) is 0. The third-order valence-electron chi connectivity index (χ3n) is 3.76. The van der Waals surface area contributed by atoms with E-state index in [2.05, 4.69) is 21.4 Å². The molecule has 3 heterocycles. The van der Waals surface area contributed by atoms with Crippen molar-refractivity contribution in [3.05, 3.63) is 24.7 Å². The smallest absolute Gasteiger partial charge is 0.534 e. The van der Waals surface area contributed by atoms with E-state index in [-0.39, 0.29) is 0 Å². The Balaban J connectivity index is 1.71. The van der Waals surface area contributed by atoms with Crippen molar-refractivity contribution in [3.63, 3.8) is 0 Å². The standard InChI is InChI=1S/C14H20BN3O3/c1-11-14(2,3)21-15(20-11)12-9-16-13(17-10-12)18-5-4-7-19-8-6-18/h9-10H,1,4-8H2,2-3H3. The van der Waals surface area contributed by atoms with Crippen LogP contribution in [-0.2, 0) is 14.0 Å². The summed E-state index contributed by atoms with van der Waals surface area (Å²) in [6, 6.07) is 0. The molecule has 1 aromatic rings. The lowest BCUT2D eigenvalue weighted by Gasteiger charge is -2.19. The zero-order valence-electron chi connectivity index (χ0n) is 12.5. The van der Waals surface area contributed by atoms with Gasteiger partial charge in [0.1, 0.15) is 5.60 Å². The lowest BCUT2D eigenvalue weighted by atomic mass is 9.81. The minimum atomic E-state index is -0.481. The summed E-state index contributed by atoms with van der Waals surface area (Å²) in [6.07, 6.45) is 4.51. The number of nitrogens with zero attached hydrogens (tertiary/aromatic N) is 3. The van der Waals surface area contributed by atoms with E-state index in [0.29, 0.717) is 12.4 Å². The van der Waals surface area contributed by atoms with Gasteiger partial charge in [-0.15, -0.1) is 0 Å². The monoisotopic (exact) mass is 289 g/mol. The van der Waals surface area contributed by atoms with E-state index in [1.54, 1.807) is 12.4 Å². The predicted molar refractivity (Wildman–Crippen MR) is 80.5 cm³/mol. The minimum absolute atomic E-state index is 0.478. The largest absolute Gasteiger partial charge is 0.566 e. The Bertz CT molecular complexity index is 513. The predicted octanol–water partition coefficient (Wildman–Crippen LogP) is 0.738. The van der Waals surface area contributed by atoms with Gasteiger partial charge in [-0.25, -0.2) is 9.97 Å². The quantitative estimate of drug-likeness (QED) is 0.748. The number of hydrogen-bond acceptors (Lipinski definition) is 6. The van der Waals surface area contributed by atoms with Crippen LogP contribution in [0.1, 0.15) is 20.3 Å². The van der Waals surface area contributed by atoms with Gasteiger partial charge in [-0.1, -0.05) is 6.58 Å². The molecule has 0 aromatic carbocycles. The SMILES string of the molecule is C=C1OB(c2cnc(N3CCCOCC3)nc2)OC1(C)C. The van der Waals surface area contributed by atoms with Gasteiger partial charge in [-0.05, 0) is 20.3 Å². The van der Waals surface area contributed by atoms with E-state index in [1.165, 1.54) is 0 Å². The molecule has 0 N–H and O–H groups in total. The Morgan fingerprint density at radius 1 is 1.24 bits per heavy atom. The summed E-state index contributed by atoms with van der Waals surface area (Å²) in [7, 11) is -0.478. The first-order chi connectivity index (χ1) is 10.1. The van der Waals surface area contributed by atoms with Crippen molar-refractivity contribution in [3.8, 4) is 0 Å². The first-order valence-electron chi connectivity index (χ1n) is 7.25. The van der Waals surface area contributed by atoms with Gasteiger partial charge in [0.05, 0.1) is 12.4 Å². The second kappa shape index (κ2) is 5.65. The molecule has 0 amide bonds. The molecule has 112 valence electrons. The minimum Gasteiger partial charge on any atom is -0.534 e. The summed E-state index contributed by atoms with van der Waals surface area (Å²) < 4.78 is 16.9. The second-order valence-corrected chi connectivity index (χ2v) is 5.77. The van der Waals surface area contributed by atoms with Crippen molar-refractivity contribution in [1.82, 2.24) is 9.97 Å². The van der Waals surface area contributed by atoms with Crippen molar-refractivity contribution in [1.29, 1.82) is 0 Å². The molecule has 3 rings (SSSR count). The Morgan fingerprint density at radius 2 is 2.00 bits per heavy atom. The topological polar surface area (TPSA) is 56.7 Å². The maximum absolute atomic E-state index is 5.82. The molecule has 21 heavy (non-hydrogen) atoms. The molecule has 1 aromatic heterocycles. The van der Waals surface area contributed by atoms with Crippen LogP contribution < -0.4 is 10.4 Å². The fourth-order valence-corrected chi connectivity index (χ4v) is 2.33. The summed E-state index contributed by atoms with van der Waals surface area (Å²) in [5.41, 5.74) is 0.322. The van der Waals surface area contributed by atoms with E-state index in [9.17, 15) is 0 Å². The number of hydrogen-bond donors (Lipinski definition) is 0. The van der Waals surface area contributed by atoms with Gasteiger partial charge < -0.3 is 18.9 Å². The van der Waals surface area contributed by atoms with Gasteiger partial charge in [0, 0.05) is 37.6 Å². The normalized spacial score (nSPS) is 22.1. The van der Waals surface area contributed by atoms with Crippen LogP contribution >= 0.6 is 0 Å². The third kappa shape index (κ3) is 3.03. The van der Waals surface area contributed by atoms with Crippen LogP contribution in [0.3, 0.4) is 0 Å². The number of rotatable bonds is 2. The fourth-order valence-electron chi connectivity index (χ4n) is 2.33. The van der Waals surface area contributed by atoms with Crippen LogP contribution in [0.25, 0.3) is 0 Å². The first-order valence-corrected chi connectivity index (χ1v) is 7.25.